The number of hydrogen-bond donors (Lipinski definition) is 0. The van der Waals surface area contributed by atoms with E-state index >= 15 is 0 Å². The van der Waals surface area contributed by atoms with Gasteiger partial charge in [0.1, 0.15) is 17.2 Å². The standard InChI is InChI=1S/C102H74B2N6O2/c1-101(2)78-43-23-28-52-95(78)111-96-60-56-75(64-81(96)101)105(69-31-11-5-12-32-69)76-54-57-85-92(65-76)110(74-41-21-10-22-42-74)94-63-68(62-93-99(94)104(85)83-46-25-27-48-87(83)108(93)72-37-17-8-18-38-72)67-53-59-97-80(61-67)102(3,4)79-44-29-51-90(100(79)112-97)106(70-33-13-6-14-34-70)77-55-58-84-91(66-77)109(73-39-19-9-20-40-73)89-50-30-49-88-98(89)103(84)82-45-24-26-47-86(82)107(88)71-35-15-7-16-36-71/h5-66H,1-4H3. The van der Waals surface area contributed by atoms with E-state index in [0.717, 1.165) is 142 Å². The van der Waals surface area contributed by atoms with Gasteiger partial charge < -0.3 is 38.9 Å². The summed E-state index contributed by atoms with van der Waals surface area (Å²) >= 11 is 0. The monoisotopic (exact) mass is 1440 g/mol. The minimum Gasteiger partial charge on any atom is -0.457 e. The highest BCUT2D eigenvalue weighted by atomic mass is 16.5. The molecule has 0 saturated heterocycles. The number of ether oxygens (including phenoxy) is 2. The molecule has 10 heteroatoms. The van der Waals surface area contributed by atoms with Gasteiger partial charge in [0.15, 0.2) is 5.75 Å². The summed E-state index contributed by atoms with van der Waals surface area (Å²) in [5.74, 6) is 3.43. The highest BCUT2D eigenvalue weighted by molar-refractivity contribution is 7.01. The lowest BCUT2D eigenvalue weighted by atomic mass is 9.33. The Morgan fingerprint density at radius 3 is 1.19 bits per heavy atom. The highest BCUT2D eigenvalue weighted by Gasteiger charge is 2.47. The molecule has 16 aromatic carbocycles. The predicted molar refractivity (Wildman–Crippen MR) is 467 cm³/mol. The fourth-order valence-electron chi connectivity index (χ4n) is 19.1. The van der Waals surface area contributed by atoms with Crippen LogP contribution in [0.1, 0.15) is 49.9 Å². The molecule has 530 valence electrons. The summed E-state index contributed by atoms with van der Waals surface area (Å²) in [5.41, 5.74) is 33.0. The first-order valence-electron chi connectivity index (χ1n) is 38.9. The minimum absolute atomic E-state index is 0.0340. The average molecular weight is 1440 g/mol. The molecule has 0 N–H and O–H groups in total. The molecule has 0 aliphatic carbocycles. The van der Waals surface area contributed by atoms with Gasteiger partial charge in [-0.05, 0) is 220 Å². The van der Waals surface area contributed by atoms with Gasteiger partial charge in [0.05, 0.1) is 5.69 Å². The fourth-order valence-corrected chi connectivity index (χ4v) is 19.1. The summed E-state index contributed by atoms with van der Waals surface area (Å²) in [5, 5.41) is 0. The Labute approximate surface area is 654 Å². The van der Waals surface area contributed by atoms with Gasteiger partial charge in [-0.2, -0.15) is 0 Å². The second kappa shape index (κ2) is 25.3. The third kappa shape index (κ3) is 9.97. The number of nitrogens with zero attached hydrogens (tertiary/aromatic N) is 6. The van der Waals surface area contributed by atoms with Gasteiger partial charge in [-0.1, -0.05) is 228 Å². The quantitative estimate of drug-likeness (QED) is 0.119. The van der Waals surface area contributed by atoms with Crippen molar-refractivity contribution in [1.29, 1.82) is 0 Å². The molecular weight excluding hydrogens is 1360 g/mol. The summed E-state index contributed by atoms with van der Waals surface area (Å²) < 4.78 is 14.3. The zero-order valence-electron chi connectivity index (χ0n) is 62.5. The first-order valence-corrected chi connectivity index (χ1v) is 38.9. The molecule has 6 aliphatic heterocycles. The number of anilines is 18. The van der Waals surface area contributed by atoms with Gasteiger partial charge in [-0.3, -0.25) is 0 Å². The number of benzene rings is 16. The molecule has 112 heavy (non-hydrogen) atoms. The van der Waals surface area contributed by atoms with Crippen LogP contribution in [-0.2, 0) is 10.8 Å². The molecule has 16 aromatic rings. The maximum Gasteiger partial charge on any atom is 0.252 e. The molecule has 8 nitrogen and oxygen atoms in total. The Bertz CT molecular complexity index is 6460. The largest absolute Gasteiger partial charge is 0.457 e. The van der Waals surface area contributed by atoms with Crippen molar-refractivity contribution in [2.75, 3.05) is 29.4 Å². The lowest BCUT2D eigenvalue weighted by Gasteiger charge is -2.45. The van der Waals surface area contributed by atoms with E-state index in [1.807, 2.05) is 0 Å². The Morgan fingerprint density at radius 2 is 0.616 bits per heavy atom. The molecule has 6 aliphatic rings. The van der Waals surface area contributed by atoms with Crippen LogP contribution in [0.15, 0.2) is 376 Å². The van der Waals surface area contributed by atoms with Crippen LogP contribution < -0.4 is 71.7 Å². The Hall–Kier alpha value is -14.0. The van der Waals surface area contributed by atoms with Crippen LogP contribution in [0.4, 0.5) is 102 Å². The Kier molecular flexibility index (Phi) is 14.7. The summed E-state index contributed by atoms with van der Waals surface area (Å²) in [7, 11) is 0. The first kappa shape index (κ1) is 65.2. The van der Waals surface area contributed by atoms with E-state index in [2.05, 4.69) is 433 Å². The molecule has 0 saturated carbocycles. The van der Waals surface area contributed by atoms with Crippen molar-refractivity contribution >= 4 is 149 Å². The molecular formula is C102H74B2N6O2. The van der Waals surface area contributed by atoms with E-state index in [0.29, 0.717) is 0 Å². The Morgan fingerprint density at radius 1 is 0.241 bits per heavy atom. The average Bonchev–Trinajstić information content (AvgIpc) is 0.699. The van der Waals surface area contributed by atoms with Crippen molar-refractivity contribution in [1.82, 2.24) is 0 Å². The highest BCUT2D eigenvalue weighted by Crippen LogP contribution is 2.57. The van der Waals surface area contributed by atoms with E-state index in [1.54, 1.807) is 0 Å². The molecule has 0 radical (unpaired) electrons. The molecule has 0 fully saturated rings. The van der Waals surface area contributed by atoms with Crippen LogP contribution in [0.5, 0.6) is 23.0 Å². The summed E-state index contributed by atoms with van der Waals surface area (Å²) in [6, 6.07) is 138. The second-order valence-electron chi connectivity index (χ2n) is 31.1. The summed E-state index contributed by atoms with van der Waals surface area (Å²) in [6.07, 6.45) is 0. The van der Waals surface area contributed by atoms with Crippen molar-refractivity contribution in [2.24, 2.45) is 0 Å². The van der Waals surface area contributed by atoms with Gasteiger partial charge in [-0.15, -0.1) is 0 Å². The van der Waals surface area contributed by atoms with Crippen LogP contribution in [-0.4, -0.2) is 13.4 Å². The molecule has 0 atom stereocenters. The molecule has 0 unspecified atom stereocenters. The SMILES string of the molecule is CC1(C)c2ccccc2Oc2ccc(N(c3ccccc3)c3ccc4c(c3)N(c3ccccc3)c3cc(-c5ccc6c(c5)C(C)(C)c5cccc(N(c7ccccc7)c7ccc8c(c7)N(c7ccccc7)c7cccc9c7B8c7ccccc7N9c7ccccc7)c5O6)cc5c3B4c3ccccc3N5c3ccccc3)cc21. The number of rotatable bonds is 11. The van der Waals surface area contributed by atoms with Crippen molar-refractivity contribution in [2.45, 2.75) is 38.5 Å². The molecule has 6 heterocycles. The van der Waals surface area contributed by atoms with Crippen LogP contribution in [0.2, 0.25) is 0 Å². The zero-order chi connectivity index (χ0) is 74.5. The van der Waals surface area contributed by atoms with E-state index < -0.39 is 5.41 Å². The first-order chi connectivity index (χ1) is 55.1. The zero-order valence-corrected chi connectivity index (χ0v) is 62.5. The maximum absolute atomic E-state index is 7.60. The molecule has 0 aromatic heterocycles. The van der Waals surface area contributed by atoms with E-state index in [1.165, 1.54) is 49.7 Å². The third-order valence-electron chi connectivity index (χ3n) is 24.2. The van der Waals surface area contributed by atoms with Gasteiger partial charge in [0, 0.05) is 130 Å². The van der Waals surface area contributed by atoms with Gasteiger partial charge in [0.25, 0.3) is 13.4 Å². The van der Waals surface area contributed by atoms with Crippen LogP contribution >= 0.6 is 0 Å². The van der Waals surface area contributed by atoms with Gasteiger partial charge in [-0.25, -0.2) is 0 Å². The van der Waals surface area contributed by atoms with Crippen LogP contribution in [0, 0.1) is 0 Å². The number of para-hydroxylation sites is 10. The number of hydrogen-bond acceptors (Lipinski definition) is 8. The van der Waals surface area contributed by atoms with Crippen molar-refractivity contribution in [3.05, 3.63) is 398 Å². The number of fused-ring (bicyclic) bond motifs is 12. The van der Waals surface area contributed by atoms with Crippen molar-refractivity contribution in [3.8, 4) is 34.1 Å². The van der Waals surface area contributed by atoms with E-state index in [9.17, 15) is 0 Å². The maximum atomic E-state index is 7.60. The Balaban J connectivity index is 0.689. The molecule has 0 amide bonds. The molecule has 0 spiro atoms. The summed E-state index contributed by atoms with van der Waals surface area (Å²) in [6.45, 7) is 9.21. The molecule has 0 bridgehead atoms. The molecule has 22 rings (SSSR count). The van der Waals surface area contributed by atoms with E-state index in [-0.39, 0.29) is 18.8 Å². The topological polar surface area (TPSA) is 37.9 Å². The minimum atomic E-state index is -0.537. The summed E-state index contributed by atoms with van der Waals surface area (Å²) in [4.78, 5) is 14.8. The van der Waals surface area contributed by atoms with Gasteiger partial charge >= 0.3 is 0 Å². The van der Waals surface area contributed by atoms with Crippen LogP contribution in [0.25, 0.3) is 11.1 Å². The second-order valence-corrected chi connectivity index (χ2v) is 31.1. The normalized spacial score (nSPS) is 14.2. The van der Waals surface area contributed by atoms with Gasteiger partial charge in [0.2, 0.25) is 0 Å². The van der Waals surface area contributed by atoms with E-state index in [4.69, 9.17) is 9.47 Å². The predicted octanol–water partition coefficient (Wildman–Crippen LogP) is 23.3. The lowest BCUT2D eigenvalue weighted by Crippen LogP contribution is -2.61. The van der Waals surface area contributed by atoms with Crippen molar-refractivity contribution < 1.29 is 9.47 Å². The van der Waals surface area contributed by atoms with Crippen LogP contribution in [0.3, 0.4) is 0 Å². The third-order valence-corrected chi connectivity index (χ3v) is 24.2. The smallest absolute Gasteiger partial charge is 0.252 e. The lowest BCUT2D eigenvalue weighted by molar-refractivity contribution is 0.418. The van der Waals surface area contributed by atoms with Crippen molar-refractivity contribution in [3.63, 3.8) is 0 Å². The fraction of sp³-hybridized carbons (Fsp3) is 0.0588.